The van der Waals surface area contributed by atoms with Crippen LogP contribution >= 0.6 is 0 Å². The number of benzene rings is 1. The van der Waals surface area contributed by atoms with Gasteiger partial charge in [0.2, 0.25) is 0 Å². The highest BCUT2D eigenvalue weighted by atomic mass is 28.4. The second-order valence-corrected chi connectivity index (χ2v) is 9.89. The Labute approximate surface area is 166 Å². The first-order chi connectivity index (χ1) is 13.3. The van der Waals surface area contributed by atoms with E-state index in [1.165, 1.54) is 44.9 Å². The molecule has 1 rings (SSSR count). The molecule has 0 heterocycles. The molecule has 0 spiro atoms. The minimum absolute atomic E-state index is 0.517. The number of hydrogen-bond acceptors (Lipinski definition) is 5. The van der Waals surface area contributed by atoms with E-state index in [1.54, 1.807) is 21.3 Å². The smallest absolute Gasteiger partial charge is 0.377 e. The van der Waals surface area contributed by atoms with Crippen molar-refractivity contribution in [2.45, 2.75) is 70.4 Å². The lowest BCUT2D eigenvalue weighted by atomic mass is 10.1. The SMILES string of the molecule is CO[Si](CCCCCCCCCCCOOCc1ccccc1)(OC)OC. The summed E-state index contributed by atoms with van der Waals surface area (Å²) < 4.78 is 16.3. The molecule has 5 nitrogen and oxygen atoms in total. The van der Waals surface area contributed by atoms with Crippen molar-refractivity contribution in [3.05, 3.63) is 35.9 Å². The van der Waals surface area contributed by atoms with Gasteiger partial charge in [-0.25, -0.2) is 9.78 Å². The van der Waals surface area contributed by atoms with Crippen LogP contribution in [-0.2, 0) is 29.7 Å². The molecular formula is C21H38O5Si. The normalized spacial score (nSPS) is 11.8. The van der Waals surface area contributed by atoms with Crippen LogP contribution in [0.2, 0.25) is 6.04 Å². The fraction of sp³-hybridized carbons (Fsp3) is 0.714. The maximum Gasteiger partial charge on any atom is 0.500 e. The quantitative estimate of drug-likeness (QED) is 0.141. The van der Waals surface area contributed by atoms with Crippen molar-refractivity contribution in [2.75, 3.05) is 27.9 Å². The van der Waals surface area contributed by atoms with Crippen molar-refractivity contribution >= 4 is 8.80 Å². The zero-order valence-corrected chi connectivity index (χ0v) is 18.4. The monoisotopic (exact) mass is 398 g/mol. The Morgan fingerprint density at radius 2 is 1.15 bits per heavy atom. The average molecular weight is 399 g/mol. The third-order valence-electron chi connectivity index (χ3n) is 4.80. The fourth-order valence-corrected chi connectivity index (χ4v) is 4.83. The van der Waals surface area contributed by atoms with Gasteiger partial charge in [0.15, 0.2) is 0 Å². The highest BCUT2D eigenvalue weighted by molar-refractivity contribution is 6.60. The van der Waals surface area contributed by atoms with Gasteiger partial charge in [0.1, 0.15) is 6.61 Å². The highest BCUT2D eigenvalue weighted by Gasteiger charge is 2.36. The molecule has 0 radical (unpaired) electrons. The molecule has 156 valence electrons. The van der Waals surface area contributed by atoms with Crippen LogP contribution in [0.4, 0.5) is 0 Å². The topological polar surface area (TPSA) is 46.2 Å². The van der Waals surface area contributed by atoms with Crippen molar-refractivity contribution < 1.29 is 23.1 Å². The molecule has 0 aromatic heterocycles. The maximum atomic E-state index is 5.44. The lowest BCUT2D eigenvalue weighted by Crippen LogP contribution is -2.42. The van der Waals surface area contributed by atoms with Crippen LogP contribution in [0.1, 0.15) is 63.4 Å². The molecule has 0 aliphatic carbocycles. The summed E-state index contributed by atoms with van der Waals surface area (Å²) in [6.45, 7) is 1.20. The largest absolute Gasteiger partial charge is 0.500 e. The Balaban J connectivity index is 1.81. The Morgan fingerprint density at radius 1 is 0.630 bits per heavy atom. The van der Waals surface area contributed by atoms with E-state index in [0.29, 0.717) is 13.2 Å². The van der Waals surface area contributed by atoms with Gasteiger partial charge in [-0.2, -0.15) is 0 Å². The van der Waals surface area contributed by atoms with E-state index >= 15 is 0 Å². The summed E-state index contributed by atoms with van der Waals surface area (Å²) in [5.41, 5.74) is 1.14. The summed E-state index contributed by atoms with van der Waals surface area (Å²) in [5.74, 6) is 0. The second-order valence-electron chi connectivity index (χ2n) is 6.80. The van der Waals surface area contributed by atoms with Crippen LogP contribution in [0.5, 0.6) is 0 Å². The molecule has 1 aromatic carbocycles. The van der Waals surface area contributed by atoms with E-state index in [0.717, 1.165) is 24.4 Å². The third kappa shape index (κ3) is 11.6. The molecule has 0 aliphatic heterocycles. The Kier molecular flexibility index (Phi) is 14.6. The summed E-state index contributed by atoms with van der Waals surface area (Å²) >= 11 is 0. The van der Waals surface area contributed by atoms with E-state index in [2.05, 4.69) is 0 Å². The van der Waals surface area contributed by atoms with Gasteiger partial charge in [0, 0.05) is 27.4 Å². The van der Waals surface area contributed by atoms with Crippen LogP contribution in [0, 0.1) is 0 Å². The fourth-order valence-electron chi connectivity index (χ4n) is 3.04. The van der Waals surface area contributed by atoms with Crippen LogP contribution < -0.4 is 0 Å². The van der Waals surface area contributed by atoms with Crippen molar-refractivity contribution in [3.8, 4) is 0 Å². The molecule has 0 saturated heterocycles. The van der Waals surface area contributed by atoms with E-state index in [1.807, 2.05) is 30.3 Å². The van der Waals surface area contributed by atoms with Crippen LogP contribution in [0.3, 0.4) is 0 Å². The summed E-state index contributed by atoms with van der Waals surface area (Å²) in [6, 6.07) is 11.0. The molecular weight excluding hydrogens is 360 g/mol. The van der Waals surface area contributed by atoms with Gasteiger partial charge in [-0.1, -0.05) is 75.3 Å². The maximum absolute atomic E-state index is 5.44. The zero-order chi connectivity index (χ0) is 19.6. The number of unbranched alkanes of at least 4 members (excludes halogenated alkanes) is 8. The molecule has 0 aliphatic rings. The van der Waals surface area contributed by atoms with Crippen molar-refractivity contribution in [1.29, 1.82) is 0 Å². The Hall–Kier alpha value is -0.763. The van der Waals surface area contributed by atoms with Gasteiger partial charge in [-0.05, 0) is 18.4 Å². The van der Waals surface area contributed by atoms with E-state index in [4.69, 9.17) is 23.1 Å². The van der Waals surface area contributed by atoms with Gasteiger partial charge in [0.25, 0.3) is 0 Å². The molecule has 0 fully saturated rings. The zero-order valence-electron chi connectivity index (χ0n) is 17.4. The van der Waals surface area contributed by atoms with Crippen molar-refractivity contribution in [1.82, 2.24) is 0 Å². The first-order valence-electron chi connectivity index (χ1n) is 10.2. The number of hydrogen-bond donors (Lipinski definition) is 0. The average Bonchev–Trinajstić information content (AvgIpc) is 2.72. The molecule has 0 N–H and O–H groups in total. The van der Waals surface area contributed by atoms with E-state index < -0.39 is 8.80 Å². The third-order valence-corrected chi connectivity index (χ3v) is 7.63. The first-order valence-corrected chi connectivity index (χ1v) is 12.1. The van der Waals surface area contributed by atoms with Crippen LogP contribution in [0.25, 0.3) is 0 Å². The van der Waals surface area contributed by atoms with Crippen LogP contribution in [0.15, 0.2) is 30.3 Å². The van der Waals surface area contributed by atoms with E-state index in [-0.39, 0.29) is 0 Å². The van der Waals surface area contributed by atoms with Gasteiger partial charge in [0.05, 0.1) is 6.61 Å². The lowest BCUT2D eigenvalue weighted by molar-refractivity contribution is -0.304. The minimum atomic E-state index is -2.36. The van der Waals surface area contributed by atoms with Gasteiger partial charge in [-0.15, -0.1) is 0 Å². The molecule has 0 unspecified atom stereocenters. The van der Waals surface area contributed by atoms with Gasteiger partial charge < -0.3 is 13.3 Å². The van der Waals surface area contributed by atoms with Gasteiger partial charge in [-0.3, -0.25) is 0 Å². The molecule has 0 bridgehead atoms. The van der Waals surface area contributed by atoms with Crippen LogP contribution in [-0.4, -0.2) is 36.7 Å². The van der Waals surface area contributed by atoms with Crippen molar-refractivity contribution in [2.24, 2.45) is 0 Å². The highest BCUT2D eigenvalue weighted by Crippen LogP contribution is 2.18. The molecule has 0 saturated carbocycles. The first kappa shape index (κ1) is 24.3. The predicted molar refractivity (Wildman–Crippen MR) is 110 cm³/mol. The predicted octanol–water partition coefficient (Wildman–Crippen LogP) is 5.52. The minimum Gasteiger partial charge on any atom is -0.377 e. The van der Waals surface area contributed by atoms with Gasteiger partial charge >= 0.3 is 8.80 Å². The second kappa shape index (κ2) is 16.2. The molecule has 0 amide bonds. The molecule has 1 aromatic rings. The Morgan fingerprint density at radius 3 is 1.70 bits per heavy atom. The summed E-state index contributed by atoms with van der Waals surface area (Å²) in [4.78, 5) is 10.5. The number of rotatable bonds is 18. The lowest BCUT2D eigenvalue weighted by Gasteiger charge is -2.24. The summed E-state index contributed by atoms with van der Waals surface area (Å²) in [6.07, 6.45) is 11.1. The van der Waals surface area contributed by atoms with E-state index in [9.17, 15) is 0 Å². The molecule has 27 heavy (non-hydrogen) atoms. The Bertz CT molecular complexity index is 431. The standard InChI is InChI=1S/C21H38O5Si/c1-22-27(23-2,24-3)19-15-10-8-6-4-5-7-9-14-18-25-26-20-21-16-12-11-13-17-21/h11-13,16-17H,4-10,14-15,18-20H2,1-3H3. The van der Waals surface area contributed by atoms with Crippen molar-refractivity contribution in [3.63, 3.8) is 0 Å². The molecule has 6 heteroatoms. The summed E-state index contributed by atoms with van der Waals surface area (Å²) in [5, 5.41) is 0. The summed E-state index contributed by atoms with van der Waals surface area (Å²) in [7, 11) is 2.68. The molecule has 0 atom stereocenters.